The van der Waals surface area contributed by atoms with Crippen LogP contribution in [-0.2, 0) is 6.54 Å². The second-order valence-corrected chi connectivity index (χ2v) is 5.43. The van der Waals surface area contributed by atoms with Gasteiger partial charge in [0.1, 0.15) is 5.82 Å². The highest BCUT2D eigenvalue weighted by atomic mass is 35.5. The van der Waals surface area contributed by atoms with Gasteiger partial charge in [0.25, 0.3) is 0 Å². The van der Waals surface area contributed by atoms with E-state index in [4.69, 9.17) is 11.6 Å². The Hall–Kier alpha value is -1.81. The zero-order valence-corrected chi connectivity index (χ0v) is 12.7. The predicted molar refractivity (Wildman–Crippen MR) is 84.3 cm³/mol. The van der Waals surface area contributed by atoms with Crippen molar-refractivity contribution in [3.63, 3.8) is 0 Å². The van der Waals surface area contributed by atoms with E-state index in [0.29, 0.717) is 18.5 Å². The molecule has 0 spiro atoms. The average Bonchev–Trinajstić information content (AvgIpc) is 2.36. The lowest BCUT2D eigenvalue weighted by Crippen LogP contribution is -2.13. The molecule has 0 aliphatic carbocycles. The Labute approximate surface area is 124 Å². The molecule has 0 saturated heterocycles. The zero-order valence-electron chi connectivity index (χ0n) is 11.9. The van der Waals surface area contributed by atoms with E-state index in [1.807, 2.05) is 37.3 Å². The van der Waals surface area contributed by atoms with E-state index in [2.05, 4.69) is 34.4 Å². The molecule has 0 saturated carbocycles. The van der Waals surface area contributed by atoms with Gasteiger partial charge in [0, 0.05) is 29.4 Å². The molecule has 0 amide bonds. The van der Waals surface area contributed by atoms with Crippen molar-refractivity contribution in [3.8, 4) is 0 Å². The van der Waals surface area contributed by atoms with Gasteiger partial charge in [-0.1, -0.05) is 23.7 Å². The van der Waals surface area contributed by atoms with Crippen molar-refractivity contribution in [2.45, 2.75) is 33.4 Å². The molecule has 0 fully saturated rings. The lowest BCUT2D eigenvalue weighted by molar-refractivity contribution is 0.883. The van der Waals surface area contributed by atoms with E-state index in [0.717, 1.165) is 22.1 Å². The number of nitrogens with zero attached hydrogens (tertiary/aromatic N) is 2. The van der Waals surface area contributed by atoms with E-state index in [1.54, 1.807) is 0 Å². The summed E-state index contributed by atoms with van der Waals surface area (Å²) < 4.78 is 0. The maximum Gasteiger partial charge on any atom is 0.225 e. The molecule has 1 aromatic heterocycles. The lowest BCUT2D eigenvalue weighted by atomic mass is 10.2. The maximum atomic E-state index is 5.87. The number of hydrogen-bond acceptors (Lipinski definition) is 4. The monoisotopic (exact) mass is 290 g/mol. The van der Waals surface area contributed by atoms with Gasteiger partial charge in [0.15, 0.2) is 0 Å². The van der Waals surface area contributed by atoms with Crippen LogP contribution in [0.1, 0.15) is 25.1 Å². The average molecular weight is 291 g/mol. The number of anilines is 2. The number of rotatable bonds is 5. The SMILES string of the molecule is Cc1cc(NC(C)C)nc(NCc2ccc(Cl)cc2)n1. The summed E-state index contributed by atoms with van der Waals surface area (Å²) in [7, 11) is 0. The topological polar surface area (TPSA) is 49.8 Å². The van der Waals surface area contributed by atoms with Crippen LogP contribution in [0.25, 0.3) is 0 Å². The molecule has 2 aromatic rings. The molecule has 2 N–H and O–H groups in total. The molecule has 20 heavy (non-hydrogen) atoms. The van der Waals surface area contributed by atoms with Crippen molar-refractivity contribution in [1.29, 1.82) is 0 Å². The molecule has 0 radical (unpaired) electrons. The summed E-state index contributed by atoms with van der Waals surface area (Å²) in [6.07, 6.45) is 0. The smallest absolute Gasteiger partial charge is 0.225 e. The third-order valence-electron chi connectivity index (χ3n) is 2.65. The Balaban J connectivity index is 2.05. The minimum Gasteiger partial charge on any atom is -0.368 e. The molecule has 0 bridgehead atoms. The normalized spacial score (nSPS) is 10.7. The van der Waals surface area contributed by atoms with Crippen LogP contribution in [0.15, 0.2) is 30.3 Å². The quantitative estimate of drug-likeness (QED) is 0.877. The minimum absolute atomic E-state index is 0.341. The molecule has 1 aromatic carbocycles. The Kier molecular flexibility index (Phi) is 4.79. The van der Waals surface area contributed by atoms with Gasteiger partial charge in [-0.05, 0) is 38.5 Å². The lowest BCUT2D eigenvalue weighted by Gasteiger charge is -2.12. The summed E-state index contributed by atoms with van der Waals surface area (Å²) in [5, 5.41) is 7.25. The van der Waals surface area contributed by atoms with Gasteiger partial charge in [0.2, 0.25) is 5.95 Å². The number of hydrogen-bond donors (Lipinski definition) is 2. The second-order valence-electron chi connectivity index (χ2n) is 5.00. The van der Waals surface area contributed by atoms with E-state index in [-0.39, 0.29) is 0 Å². The van der Waals surface area contributed by atoms with E-state index in [1.165, 1.54) is 0 Å². The van der Waals surface area contributed by atoms with Gasteiger partial charge in [0.05, 0.1) is 0 Å². The molecule has 0 aliphatic heterocycles. The number of aromatic nitrogens is 2. The third-order valence-corrected chi connectivity index (χ3v) is 2.91. The summed E-state index contributed by atoms with van der Waals surface area (Å²) >= 11 is 5.87. The van der Waals surface area contributed by atoms with Crippen molar-refractivity contribution < 1.29 is 0 Å². The van der Waals surface area contributed by atoms with Crippen molar-refractivity contribution in [2.75, 3.05) is 10.6 Å². The van der Waals surface area contributed by atoms with Crippen molar-refractivity contribution >= 4 is 23.4 Å². The number of halogens is 1. The van der Waals surface area contributed by atoms with E-state index in [9.17, 15) is 0 Å². The standard InChI is InChI=1S/C15H19ClN4/c1-10(2)18-14-8-11(3)19-15(20-14)17-9-12-4-6-13(16)7-5-12/h4-8,10H,9H2,1-3H3,(H2,17,18,19,20). The van der Waals surface area contributed by atoms with Crippen LogP contribution >= 0.6 is 11.6 Å². The fourth-order valence-corrected chi connectivity index (χ4v) is 1.93. The fourth-order valence-electron chi connectivity index (χ4n) is 1.80. The molecule has 4 nitrogen and oxygen atoms in total. The third kappa shape index (κ3) is 4.38. The number of nitrogens with one attached hydrogen (secondary N) is 2. The summed E-state index contributed by atoms with van der Waals surface area (Å²) in [6, 6.07) is 10.0. The Morgan fingerprint density at radius 1 is 1.15 bits per heavy atom. The van der Waals surface area contributed by atoms with Crippen LogP contribution < -0.4 is 10.6 Å². The van der Waals surface area contributed by atoms with Crippen LogP contribution in [0.3, 0.4) is 0 Å². The molecule has 106 valence electrons. The minimum atomic E-state index is 0.341. The fraction of sp³-hybridized carbons (Fsp3) is 0.333. The van der Waals surface area contributed by atoms with E-state index < -0.39 is 0 Å². The largest absolute Gasteiger partial charge is 0.368 e. The molecule has 0 atom stereocenters. The second kappa shape index (κ2) is 6.57. The molecular weight excluding hydrogens is 272 g/mol. The Bertz CT molecular complexity index is 567. The van der Waals surface area contributed by atoms with Crippen LogP contribution in [-0.4, -0.2) is 16.0 Å². The number of benzene rings is 1. The molecular formula is C15H19ClN4. The highest BCUT2D eigenvalue weighted by molar-refractivity contribution is 6.30. The van der Waals surface area contributed by atoms with Crippen LogP contribution in [0.4, 0.5) is 11.8 Å². The summed E-state index contributed by atoms with van der Waals surface area (Å²) in [5.74, 6) is 1.47. The highest BCUT2D eigenvalue weighted by Crippen LogP contribution is 2.13. The van der Waals surface area contributed by atoms with Crippen LogP contribution in [0.5, 0.6) is 0 Å². The maximum absolute atomic E-state index is 5.87. The van der Waals surface area contributed by atoms with Gasteiger partial charge >= 0.3 is 0 Å². The predicted octanol–water partition coefficient (Wildman–Crippen LogP) is 3.87. The summed E-state index contributed by atoms with van der Waals surface area (Å²) in [5.41, 5.74) is 2.07. The Morgan fingerprint density at radius 2 is 1.85 bits per heavy atom. The zero-order chi connectivity index (χ0) is 14.5. The molecule has 0 aliphatic rings. The van der Waals surface area contributed by atoms with E-state index >= 15 is 0 Å². The van der Waals surface area contributed by atoms with Gasteiger partial charge in [-0.15, -0.1) is 0 Å². The van der Waals surface area contributed by atoms with Crippen LogP contribution in [0, 0.1) is 6.92 Å². The first kappa shape index (κ1) is 14.6. The van der Waals surface area contributed by atoms with Gasteiger partial charge in [-0.2, -0.15) is 4.98 Å². The highest BCUT2D eigenvalue weighted by Gasteiger charge is 2.03. The van der Waals surface area contributed by atoms with Crippen molar-refractivity contribution in [3.05, 3.63) is 46.6 Å². The Morgan fingerprint density at radius 3 is 2.50 bits per heavy atom. The van der Waals surface area contributed by atoms with Gasteiger partial charge < -0.3 is 10.6 Å². The van der Waals surface area contributed by atoms with Crippen molar-refractivity contribution in [2.24, 2.45) is 0 Å². The first-order valence-corrected chi connectivity index (χ1v) is 7.01. The number of aryl methyl sites for hydroxylation is 1. The molecule has 1 heterocycles. The van der Waals surface area contributed by atoms with Crippen LogP contribution in [0.2, 0.25) is 5.02 Å². The molecule has 0 unspecified atom stereocenters. The first-order chi connectivity index (χ1) is 9.52. The summed E-state index contributed by atoms with van der Waals surface area (Å²) in [6.45, 7) is 6.79. The van der Waals surface area contributed by atoms with Crippen molar-refractivity contribution in [1.82, 2.24) is 9.97 Å². The van der Waals surface area contributed by atoms with Gasteiger partial charge in [-0.25, -0.2) is 4.98 Å². The van der Waals surface area contributed by atoms with Gasteiger partial charge in [-0.3, -0.25) is 0 Å². The summed E-state index contributed by atoms with van der Waals surface area (Å²) in [4.78, 5) is 8.83. The molecule has 5 heteroatoms. The molecule has 2 rings (SSSR count). The first-order valence-electron chi connectivity index (χ1n) is 6.63.